The van der Waals surface area contributed by atoms with Gasteiger partial charge in [0.1, 0.15) is 12.2 Å². The number of ether oxygens (including phenoxy) is 1. The van der Waals surface area contributed by atoms with Crippen LogP contribution in [0.1, 0.15) is 12.5 Å². The predicted molar refractivity (Wildman–Crippen MR) is 116 cm³/mol. The van der Waals surface area contributed by atoms with Gasteiger partial charge in [0.15, 0.2) is 5.69 Å². The number of nitro benzene ring substituents is 1. The fourth-order valence-corrected chi connectivity index (χ4v) is 3.19. The van der Waals surface area contributed by atoms with Gasteiger partial charge in [0.05, 0.1) is 22.2 Å². The van der Waals surface area contributed by atoms with E-state index in [1.165, 1.54) is 20.1 Å². The van der Waals surface area contributed by atoms with E-state index in [-0.39, 0.29) is 23.8 Å². The second kappa shape index (κ2) is 9.92. The number of esters is 1. The highest BCUT2D eigenvalue weighted by Crippen LogP contribution is 2.38. The Hall–Kier alpha value is -3.34. The van der Waals surface area contributed by atoms with E-state index in [1.54, 1.807) is 43.1 Å². The van der Waals surface area contributed by atoms with Crippen molar-refractivity contribution in [2.45, 2.75) is 13.8 Å². The molecule has 1 N–H and O–H groups in total. The molecular weight excluding hydrogens is 458 g/mol. The summed E-state index contributed by atoms with van der Waals surface area (Å²) in [5.74, 6) is -0.749. The number of rotatable bonds is 7. The highest BCUT2D eigenvalue weighted by molar-refractivity contribution is 9.10. The minimum atomic E-state index is -0.536. The second-order valence-corrected chi connectivity index (χ2v) is 7.24. The van der Waals surface area contributed by atoms with Crippen LogP contribution in [-0.2, 0) is 14.3 Å². The van der Waals surface area contributed by atoms with Gasteiger partial charge in [0.2, 0.25) is 5.91 Å². The standard InChI is InChI=1S/C19H20BrN5O5/c1-11-7-14(20)19(17(8-11)25(28)29)23-22-15-6-5-13(9-16(15)21-12(2)26)24(3)10-18(27)30-4/h5-9H,10H2,1-4H3,(H,21,26). The molecule has 1 amide bonds. The van der Waals surface area contributed by atoms with E-state index < -0.39 is 10.9 Å². The zero-order valence-corrected chi connectivity index (χ0v) is 18.4. The van der Waals surface area contributed by atoms with Crippen LogP contribution < -0.4 is 10.2 Å². The van der Waals surface area contributed by atoms with E-state index in [9.17, 15) is 19.7 Å². The lowest BCUT2D eigenvalue weighted by Crippen LogP contribution is -2.26. The number of nitro groups is 1. The van der Waals surface area contributed by atoms with E-state index >= 15 is 0 Å². The molecule has 0 aliphatic carbocycles. The first-order valence-corrected chi connectivity index (χ1v) is 9.47. The predicted octanol–water partition coefficient (Wildman–Crippen LogP) is 4.65. The van der Waals surface area contributed by atoms with Crippen LogP contribution in [0.2, 0.25) is 0 Å². The molecule has 0 unspecified atom stereocenters. The maximum Gasteiger partial charge on any atom is 0.325 e. The molecule has 2 aromatic rings. The molecule has 0 spiro atoms. The number of aryl methyl sites for hydroxylation is 1. The van der Waals surface area contributed by atoms with Crippen molar-refractivity contribution >= 4 is 56.2 Å². The van der Waals surface area contributed by atoms with Crippen molar-refractivity contribution in [1.82, 2.24) is 0 Å². The Kier molecular flexibility index (Phi) is 7.59. The van der Waals surface area contributed by atoms with Gasteiger partial charge < -0.3 is 15.0 Å². The summed E-state index contributed by atoms with van der Waals surface area (Å²) in [6.07, 6.45) is 0. The van der Waals surface area contributed by atoms with Gasteiger partial charge in [-0.25, -0.2) is 0 Å². The highest BCUT2D eigenvalue weighted by Gasteiger charge is 2.18. The number of halogens is 1. The van der Waals surface area contributed by atoms with Crippen molar-refractivity contribution in [3.8, 4) is 0 Å². The highest BCUT2D eigenvalue weighted by atomic mass is 79.9. The van der Waals surface area contributed by atoms with Crippen LogP contribution in [0.4, 0.5) is 28.4 Å². The lowest BCUT2D eigenvalue weighted by atomic mass is 10.2. The van der Waals surface area contributed by atoms with E-state index in [2.05, 4.69) is 36.2 Å². The summed E-state index contributed by atoms with van der Waals surface area (Å²) in [6.45, 7) is 3.09. The summed E-state index contributed by atoms with van der Waals surface area (Å²) in [6, 6.07) is 7.99. The molecule has 2 rings (SSSR count). The van der Waals surface area contributed by atoms with Gasteiger partial charge in [-0.2, -0.15) is 0 Å². The van der Waals surface area contributed by atoms with Crippen LogP contribution in [0.15, 0.2) is 45.0 Å². The first-order valence-electron chi connectivity index (χ1n) is 8.68. The quantitative estimate of drug-likeness (QED) is 0.267. The minimum Gasteiger partial charge on any atom is -0.468 e. The molecule has 11 heteroatoms. The molecule has 0 aliphatic rings. The molecule has 10 nitrogen and oxygen atoms in total. The van der Waals surface area contributed by atoms with Crippen molar-refractivity contribution in [3.05, 3.63) is 50.5 Å². The van der Waals surface area contributed by atoms with Crippen molar-refractivity contribution in [1.29, 1.82) is 0 Å². The number of benzene rings is 2. The molecule has 0 bridgehead atoms. The molecule has 0 fully saturated rings. The molecule has 0 saturated heterocycles. The van der Waals surface area contributed by atoms with Gasteiger partial charge in [-0.05, 0) is 52.7 Å². The van der Waals surface area contributed by atoms with Gasteiger partial charge in [-0.1, -0.05) is 0 Å². The van der Waals surface area contributed by atoms with Crippen LogP contribution in [0.3, 0.4) is 0 Å². The molecular formula is C19H20BrN5O5. The fraction of sp³-hybridized carbons (Fsp3) is 0.263. The van der Waals surface area contributed by atoms with Gasteiger partial charge in [0.25, 0.3) is 5.69 Å². The van der Waals surface area contributed by atoms with Gasteiger partial charge >= 0.3 is 5.97 Å². The van der Waals surface area contributed by atoms with Crippen LogP contribution in [-0.4, -0.2) is 37.5 Å². The van der Waals surface area contributed by atoms with Crippen LogP contribution >= 0.6 is 15.9 Å². The van der Waals surface area contributed by atoms with Crippen molar-refractivity contribution in [2.75, 3.05) is 30.9 Å². The fourth-order valence-electron chi connectivity index (χ4n) is 2.55. The first kappa shape index (κ1) is 22.9. The molecule has 0 radical (unpaired) electrons. The molecule has 0 atom stereocenters. The zero-order chi connectivity index (χ0) is 22.4. The Bertz CT molecular complexity index is 1020. The zero-order valence-electron chi connectivity index (χ0n) is 16.8. The number of methoxy groups -OCH3 is 1. The van der Waals surface area contributed by atoms with E-state index in [0.717, 1.165) is 0 Å². The monoisotopic (exact) mass is 477 g/mol. The summed E-state index contributed by atoms with van der Waals surface area (Å²) >= 11 is 3.28. The molecule has 0 saturated carbocycles. The van der Waals surface area contributed by atoms with E-state index in [0.29, 0.717) is 27.1 Å². The third-order valence-corrected chi connectivity index (χ3v) is 4.57. The normalized spacial score (nSPS) is 10.7. The summed E-state index contributed by atoms with van der Waals surface area (Å²) in [7, 11) is 2.99. The van der Waals surface area contributed by atoms with Crippen molar-refractivity contribution in [3.63, 3.8) is 0 Å². The first-order chi connectivity index (χ1) is 14.1. The lowest BCUT2D eigenvalue weighted by molar-refractivity contribution is -0.384. The third kappa shape index (κ3) is 5.83. The lowest BCUT2D eigenvalue weighted by Gasteiger charge is -2.19. The smallest absolute Gasteiger partial charge is 0.325 e. The van der Waals surface area contributed by atoms with Crippen LogP contribution in [0.25, 0.3) is 0 Å². The SMILES string of the molecule is COC(=O)CN(C)c1ccc(N=Nc2c(Br)cc(C)cc2[N+](=O)[O-])c(NC(C)=O)c1. The number of nitrogens with one attached hydrogen (secondary N) is 1. The molecule has 0 aliphatic heterocycles. The summed E-state index contributed by atoms with van der Waals surface area (Å²) in [5.41, 5.74) is 1.83. The van der Waals surface area contributed by atoms with Crippen molar-refractivity contribution in [2.24, 2.45) is 10.2 Å². The van der Waals surface area contributed by atoms with Crippen LogP contribution in [0.5, 0.6) is 0 Å². The number of carbonyl (C=O) groups excluding carboxylic acids is 2. The third-order valence-electron chi connectivity index (χ3n) is 3.97. The Balaban J connectivity index is 2.46. The molecule has 2 aromatic carbocycles. The molecule has 30 heavy (non-hydrogen) atoms. The Morgan fingerprint density at radius 1 is 1.27 bits per heavy atom. The van der Waals surface area contributed by atoms with Crippen molar-refractivity contribution < 1.29 is 19.2 Å². The van der Waals surface area contributed by atoms with Gasteiger partial charge in [-0.3, -0.25) is 19.7 Å². The average Bonchev–Trinajstić information content (AvgIpc) is 2.66. The molecule has 0 aromatic heterocycles. The second-order valence-electron chi connectivity index (χ2n) is 6.39. The van der Waals surface area contributed by atoms with E-state index in [4.69, 9.17) is 0 Å². The molecule has 0 heterocycles. The van der Waals surface area contributed by atoms with Crippen LogP contribution in [0, 0.1) is 17.0 Å². The van der Waals surface area contributed by atoms with Gasteiger partial charge in [0, 0.05) is 25.7 Å². The Morgan fingerprint density at radius 2 is 1.97 bits per heavy atom. The Morgan fingerprint density at radius 3 is 2.57 bits per heavy atom. The summed E-state index contributed by atoms with van der Waals surface area (Å²) in [5, 5.41) is 22.2. The topological polar surface area (TPSA) is 126 Å². The Labute approximate surface area is 181 Å². The number of amides is 1. The molecule has 158 valence electrons. The van der Waals surface area contributed by atoms with Gasteiger partial charge in [-0.15, -0.1) is 10.2 Å². The number of hydrogen-bond acceptors (Lipinski definition) is 8. The van der Waals surface area contributed by atoms with E-state index in [1.807, 2.05) is 0 Å². The largest absolute Gasteiger partial charge is 0.468 e. The number of hydrogen-bond donors (Lipinski definition) is 1. The number of carbonyl (C=O) groups is 2. The summed E-state index contributed by atoms with van der Waals surface area (Å²) in [4.78, 5) is 35.6. The maximum atomic E-state index is 11.6. The number of azo groups is 1. The average molecular weight is 478 g/mol. The number of anilines is 2. The summed E-state index contributed by atoms with van der Waals surface area (Å²) < 4.78 is 5.08. The number of nitrogens with zero attached hydrogens (tertiary/aromatic N) is 4. The maximum absolute atomic E-state index is 11.6. The number of likely N-dealkylation sites (N-methyl/N-ethyl adjacent to an activating group) is 1. The minimum absolute atomic E-state index is 0.0133.